The fraction of sp³-hybridized carbons (Fsp3) is 0.727. The van der Waals surface area contributed by atoms with E-state index in [1.54, 1.807) is 0 Å². The second-order valence-corrected chi connectivity index (χ2v) is 5.01. The standard InChI is InChI=1S/C11H21N3S/c1-9(8-15-5)13(3)7-11-6-12-14(4)10(11)2/h6,9H,7-8H2,1-5H3. The number of rotatable bonds is 5. The summed E-state index contributed by atoms with van der Waals surface area (Å²) >= 11 is 1.90. The van der Waals surface area contributed by atoms with Gasteiger partial charge >= 0.3 is 0 Å². The third kappa shape index (κ3) is 3.24. The first-order chi connectivity index (χ1) is 7.06. The minimum atomic E-state index is 0.611. The van der Waals surface area contributed by atoms with Gasteiger partial charge in [-0.25, -0.2) is 0 Å². The molecule has 0 saturated carbocycles. The number of hydrogen-bond acceptors (Lipinski definition) is 3. The average Bonchev–Trinajstić information content (AvgIpc) is 2.50. The third-order valence-corrected chi connectivity index (χ3v) is 3.73. The van der Waals surface area contributed by atoms with Crippen molar-refractivity contribution in [1.82, 2.24) is 14.7 Å². The highest BCUT2D eigenvalue weighted by molar-refractivity contribution is 7.98. The molecule has 1 unspecified atom stereocenters. The van der Waals surface area contributed by atoms with Gasteiger partial charge in [-0.05, 0) is 27.2 Å². The van der Waals surface area contributed by atoms with Gasteiger partial charge in [0.15, 0.2) is 0 Å². The molecule has 86 valence electrons. The molecule has 4 heteroatoms. The Morgan fingerprint density at radius 2 is 2.27 bits per heavy atom. The van der Waals surface area contributed by atoms with Crippen LogP contribution in [-0.2, 0) is 13.6 Å². The van der Waals surface area contributed by atoms with Crippen LogP contribution in [0.25, 0.3) is 0 Å². The molecule has 0 aromatic carbocycles. The van der Waals surface area contributed by atoms with Gasteiger partial charge in [0.2, 0.25) is 0 Å². The lowest BCUT2D eigenvalue weighted by atomic mass is 10.2. The van der Waals surface area contributed by atoms with Gasteiger partial charge in [0.25, 0.3) is 0 Å². The minimum Gasteiger partial charge on any atom is -0.298 e. The number of hydrogen-bond donors (Lipinski definition) is 0. The van der Waals surface area contributed by atoms with E-state index in [1.165, 1.54) is 17.0 Å². The molecule has 15 heavy (non-hydrogen) atoms. The predicted octanol–water partition coefficient (Wildman–Crippen LogP) is 1.91. The zero-order valence-corrected chi connectivity index (χ0v) is 11.1. The summed E-state index contributed by atoms with van der Waals surface area (Å²) < 4.78 is 1.93. The van der Waals surface area contributed by atoms with Crippen molar-refractivity contribution in [2.24, 2.45) is 7.05 Å². The molecule has 1 atom stereocenters. The summed E-state index contributed by atoms with van der Waals surface area (Å²) in [7, 11) is 4.16. The summed E-state index contributed by atoms with van der Waals surface area (Å²) in [5.41, 5.74) is 2.59. The maximum atomic E-state index is 4.26. The van der Waals surface area contributed by atoms with Crippen LogP contribution in [0.3, 0.4) is 0 Å². The molecular formula is C11H21N3S. The van der Waals surface area contributed by atoms with Gasteiger partial charge in [0, 0.05) is 36.6 Å². The van der Waals surface area contributed by atoms with Crippen molar-refractivity contribution in [2.45, 2.75) is 26.4 Å². The van der Waals surface area contributed by atoms with Crippen molar-refractivity contribution in [3.8, 4) is 0 Å². The van der Waals surface area contributed by atoms with Gasteiger partial charge in [-0.3, -0.25) is 9.58 Å². The summed E-state index contributed by atoms with van der Waals surface area (Å²) in [5.74, 6) is 1.18. The Morgan fingerprint density at radius 3 is 2.73 bits per heavy atom. The molecule has 1 heterocycles. The lowest BCUT2D eigenvalue weighted by molar-refractivity contribution is 0.269. The second-order valence-electron chi connectivity index (χ2n) is 4.10. The quantitative estimate of drug-likeness (QED) is 0.767. The normalized spacial score (nSPS) is 13.5. The molecule has 0 aliphatic heterocycles. The lowest BCUT2D eigenvalue weighted by Crippen LogP contribution is -2.30. The van der Waals surface area contributed by atoms with Gasteiger partial charge < -0.3 is 0 Å². The van der Waals surface area contributed by atoms with E-state index in [2.05, 4.69) is 37.1 Å². The SMILES string of the molecule is CSCC(C)N(C)Cc1cnn(C)c1C. The summed E-state index contributed by atoms with van der Waals surface area (Å²) in [4.78, 5) is 2.38. The molecule has 0 bridgehead atoms. The largest absolute Gasteiger partial charge is 0.298 e. The average molecular weight is 227 g/mol. The van der Waals surface area contributed by atoms with Gasteiger partial charge in [-0.1, -0.05) is 0 Å². The lowest BCUT2D eigenvalue weighted by Gasteiger charge is -2.23. The van der Waals surface area contributed by atoms with E-state index in [-0.39, 0.29) is 0 Å². The van der Waals surface area contributed by atoms with Crippen LogP contribution in [0.1, 0.15) is 18.2 Å². The second kappa shape index (κ2) is 5.56. The van der Waals surface area contributed by atoms with Crippen molar-refractivity contribution >= 4 is 11.8 Å². The molecule has 0 saturated heterocycles. The molecule has 0 aliphatic rings. The monoisotopic (exact) mass is 227 g/mol. The molecule has 0 spiro atoms. The molecule has 0 N–H and O–H groups in total. The van der Waals surface area contributed by atoms with Crippen LogP contribution in [0.5, 0.6) is 0 Å². The van der Waals surface area contributed by atoms with Crippen molar-refractivity contribution < 1.29 is 0 Å². The van der Waals surface area contributed by atoms with E-state index in [9.17, 15) is 0 Å². The molecule has 1 aromatic heterocycles. The van der Waals surface area contributed by atoms with Crippen LogP contribution >= 0.6 is 11.8 Å². The zero-order valence-electron chi connectivity index (χ0n) is 10.3. The van der Waals surface area contributed by atoms with E-state index >= 15 is 0 Å². The maximum absolute atomic E-state index is 4.26. The van der Waals surface area contributed by atoms with Gasteiger partial charge in [-0.15, -0.1) is 0 Å². The zero-order chi connectivity index (χ0) is 11.4. The van der Waals surface area contributed by atoms with Crippen LogP contribution in [0.15, 0.2) is 6.20 Å². The predicted molar refractivity (Wildman–Crippen MR) is 67.3 cm³/mol. The molecule has 1 rings (SSSR count). The van der Waals surface area contributed by atoms with Crippen molar-refractivity contribution in [3.05, 3.63) is 17.5 Å². The number of nitrogens with zero attached hydrogens (tertiary/aromatic N) is 3. The van der Waals surface area contributed by atoms with Crippen molar-refractivity contribution in [1.29, 1.82) is 0 Å². The molecule has 3 nitrogen and oxygen atoms in total. The fourth-order valence-electron chi connectivity index (χ4n) is 1.49. The summed E-state index contributed by atoms with van der Waals surface area (Å²) in [6.07, 6.45) is 4.12. The summed E-state index contributed by atoms with van der Waals surface area (Å²) in [6.45, 7) is 5.37. The summed E-state index contributed by atoms with van der Waals surface area (Å²) in [5, 5.41) is 4.26. The molecule has 0 fully saturated rings. The molecule has 1 aromatic rings. The number of aromatic nitrogens is 2. The molecule has 0 amide bonds. The van der Waals surface area contributed by atoms with Crippen LogP contribution in [0.2, 0.25) is 0 Å². The van der Waals surface area contributed by atoms with E-state index in [1.807, 2.05) is 29.7 Å². The smallest absolute Gasteiger partial charge is 0.0537 e. The van der Waals surface area contributed by atoms with Gasteiger partial charge in [-0.2, -0.15) is 16.9 Å². The van der Waals surface area contributed by atoms with Crippen LogP contribution in [0.4, 0.5) is 0 Å². The molecule has 0 radical (unpaired) electrons. The van der Waals surface area contributed by atoms with E-state index in [0.717, 1.165) is 6.54 Å². The Kier molecular flexibility index (Phi) is 4.67. The van der Waals surface area contributed by atoms with Gasteiger partial charge in [0.1, 0.15) is 0 Å². The highest BCUT2D eigenvalue weighted by Gasteiger charge is 2.11. The van der Waals surface area contributed by atoms with Gasteiger partial charge in [0.05, 0.1) is 6.20 Å². The Labute approximate surface area is 96.8 Å². The maximum Gasteiger partial charge on any atom is 0.0537 e. The Balaban J connectivity index is 2.58. The highest BCUT2D eigenvalue weighted by Crippen LogP contribution is 2.12. The Morgan fingerprint density at radius 1 is 1.60 bits per heavy atom. The number of aryl methyl sites for hydroxylation is 1. The van der Waals surface area contributed by atoms with Crippen LogP contribution < -0.4 is 0 Å². The Hall–Kier alpha value is -0.480. The van der Waals surface area contributed by atoms with E-state index in [4.69, 9.17) is 0 Å². The van der Waals surface area contributed by atoms with Crippen molar-refractivity contribution in [2.75, 3.05) is 19.1 Å². The van der Waals surface area contributed by atoms with E-state index in [0.29, 0.717) is 6.04 Å². The highest BCUT2D eigenvalue weighted by atomic mass is 32.2. The first-order valence-corrected chi connectivity index (χ1v) is 6.62. The van der Waals surface area contributed by atoms with Crippen molar-refractivity contribution in [3.63, 3.8) is 0 Å². The first-order valence-electron chi connectivity index (χ1n) is 5.23. The topological polar surface area (TPSA) is 21.1 Å². The molecular weight excluding hydrogens is 206 g/mol. The fourth-order valence-corrected chi connectivity index (χ4v) is 2.23. The van der Waals surface area contributed by atoms with E-state index < -0.39 is 0 Å². The summed E-state index contributed by atoms with van der Waals surface area (Å²) in [6, 6.07) is 0.611. The van der Waals surface area contributed by atoms with Crippen LogP contribution in [0, 0.1) is 6.92 Å². The molecule has 0 aliphatic carbocycles. The Bertz CT molecular complexity index is 309. The minimum absolute atomic E-state index is 0.611. The number of thioether (sulfide) groups is 1. The van der Waals surface area contributed by atoms with Crippen LogP contribution in [-0.4, -0.2) is 39.8 Å². The third-order valence-electron chi connectivity index (χ3n) is 2.92. The first kappa shape index (κ1) is 12.6.